The lowest BCUT2D eigenvalue weighted by molar-refractivity contribution is -0.149. The quantitative estimate of drug-likeness (QED) is 0.552. The summed E-state index contributed by atoms with van der Waals surface area (Å²) in [5, 5.41) is 16.4. The second-order valence-corrected chi connectivity index (χ2v) is 10.5. The molecule has 7 atom stereocenters. The number of likely N-dealkylation sites (tertiary alicyclic amines) is 1. The molecule has 9 heteroatoms. The van der Waals surface area contributed by atoms with Crippen LogP contribution in [-0.4, -0.2) is 58.6 Å². The van der Waals surface area contributed by atoms with Gasteiger partial charge in [-0.2, -0.15) is 0 Å². The maximum Gasteiger partial charge on any atom is 0.250 e. The first kappa shape index (κ1) is 24.7. The van der Waals surface area contributed by atoms with E-state index in [1.54, 1.807) is 36.4 Å². The Morgan fingerprint density at radius 2 is 1.83 bits per heavy atom. The molecular formula is C27H30ClN3O5. The zero-order chi connectivity index (χ0) is 25.8. The van der Waals surface area contributed by atoms with Crippen molar-refractivity contribution in [3.8, 4) is 0 Å². The van der Waals surface area contributed by atoms with E-state index in [0.717, 1.165) is 0 Å². The number of carbonyl (C=O) groups excluding carboxylic acids is 3. The first-order valence-electron chi connectivity index (χ1n) is 12.1. The van der Waals surface area contributed by atoms with Crippen molar-refractivity contribution in [2.45, 2.75) is 43.6 Å². The van der Waals surface area contributed by atoms with Gasteiger partial charge in [-0.1, -0.05) is 61.0 Å². The van der Waals surface area contributed by atoms with E-state index in [1.807, 2.05) is 32.0 Å². The van der Waals surface area contributed by atoms with Gasteiger partial charge < -0.3 is 25.4 Å². The number of hydrogen-bond donors (Lipinski definition) is 3. The second kappa shape index (κ2) is 8.87. The molecular weight excluding hydrogens is 482 g/mol. The summed E-state index contributed by atoms with van der Waals surface area (Å²) in [5.41, 5.74) is -1.04. The number of ether oxygens (including phenoxy) is 1. The molecule has 0 radical (unpaired) electrons. The molecule has 3 N–H and O–H groups in total. The number of amides is 3. The highest BCUT2D eigenvalue weighted by Gasteiger charge is 2.80. The average Bonchev–Trinajstić information content (AvgIpc) is 3.38. The van der Waals surface area contributed by atoms with E-state index in [2.05, 4.69) is 10.6 Å². The van der Waals surface area contributed by atoms with Crippen molar-refractivity contribution in [2.75, 3.05) is 19.0 Å². The Labute approximate surface area is 215 Å². The van der Waals surface area contributed by atoms with Gasteiger partial charge in [-0.15, -0.1) is 0 Å². The molecule has 5 rings (SSSR count). The molecule has 3 fully saturated rings. The molecule has 2 aromatic carbocycles. The Morgan fingerprint density at radius 1 is 1.17 bits per heavy atom. The fourth-order valence-corrected chi connectivity index (χ4v) is 6.84. The number of benzene rings is 2. The molecule has 3 amide bonds. The summed E-state index contributed by atoms with van der Waals surface area (Å²) in [5.74, 6) is -2.85. The smallest absolute Gasteiger partial charge is 0.250 e. The van der Waals surface area contributed by atoms with Crippen LogP contribution in [0.25, 0.3) is 0 Å². The van der Waals surface area contributed by atoms with Gasteiger partial charge >= 0.3 is 0 Å². The monoisotopic (exact) mass is 511 g/mol. The van der Waals surface area contributed by atoms with Gasteiger partial charge in [0.2, 0.25) is 17.7 Å². The molecule has 0 saturated carbocycles. The summed E-state index contributed by atoms with van der Waals surface area (Å²) in [4.78, 5) is 42.8. The maximum absolute atomic E-state index is 14.2. The van der Waals surface area contributed by atoms with Gasteiger partial charge in [-0.05, 0) is 37.0 Å². The summed E-state index contributed by atoms with van der Waals surface area (Å²) in [6, 6.07) is 14.1. The Balaban J connectivity index is 1.65. The average molecular weight is 512 g/mol. The van der Waals surface area contributed by atoms with Gasteiger partial charge in [0.05, 0.1) is 40.8 Å². The van der Waals surface area contributed by atoms with Crippen LogP contribution in [0.5, 0.6) is 0 Å². The van der Waals surface area contributed by atoms with Crippen LogP contribution in [0.1, 0.15) is 31.9 Å². The van der Waals surface area contributed by atoms with Crippen molar-refractivity contribution in [2.24, 2.45) is 17.8 Å². The van der Waals surface area contributed by atoms with E-state index < -0.39 is 47.6 Å². The summed E-state index contributed by atoms with van der Waals surface area (Å²) < 4.78 is 6.65. The van der Waals surface area contributed by atoms with Crippen LogP contribution in [0.2, 0.25) is 5.02 Å². The molecule has 36 heavy (non-hydrogen) atoms. The minimum Gasteiger partial charge on any atom is -0.394 e. The van der Waals surface area contributed by atoms with Crippen LogP contribution < -0.4 is 10.6 Å². The van der Waals surface area contributed by atoms with Crippen LogP contribution >= 0.6 is 11.6 Å². The highest BCUT2D eigenvalue weighted by Crippen LogP contribution is 2.66. The van der Waals surface area contributed by atoms with Crippen molar-refractivity contribution in [1.29, 1.82) is 0 Å². The fourth-order valence-electron chi connectivity index (χ4n) is 6.66. The van der Waals surface area contributed by atoms with E-state index in [1.165, 1.54) is 11.9 Å². The molecule has 3 saturated heterocycles. The number of fused-ring (bicyclic) bond motifs is 1. The maximum atomic E-state index is 14.2. The number of halogens is 1. The number of nitrogens with one attached hydrogen (secondary N) is 2. The Kier molecular flexibility index (Phi) is 6.09. The van der Waals surface area contributed by atoms with Crippen molar-refractivity contribution < 1.29 is 24.2 Å². The lowest BCUT2D eigenvalue weighted by atomic mass is 9.62. The normalized spacial score (nSPS) is 33.4. The van der Waals surface area contributed by atoms with E-state index in [0.29, 0.717) is 22.7 Å². The number of aliphatic hydroxyl groups is 1. The van der Waals surface area contributed by atoms with Crippen LogP contribution in [-0.2, 0) is 19.1 Å². The molecule has 0 aliphatic carbocycles. The van der Waals surface area contributed by atoms with Crippen LogP contribution in [0, 0.1) is 17.8 Å². The third-order valence-corrected chi connectivity index (χ3v) is 8.68. The lowest BCUT2D eigenvalue weighted by Crippen LogP contribution is -2.55. The van der Waals surface area contributed by atoms with Gasteiger partial charge in [0.1, 0.15) is 11.6 Å². The van der Waals surface area contributed by atoms with Crippen molar-refractivity contribution in [3.05, 3.63) is 65.2 Å². The molecule has 3 aliphatic rings. The van der Waals surface area contributed by atoms with E-state index >= 15 is 0 Å². The zero-order valence-electron chi connectivity index (χ0n) is 20.4. The van der Waals surface area contributed by atoms with Crippen LogP contribution in [0.15, 0.2) is 54.6 Å². The minimum absolute atomic E-state index is 0.0799. The molecule has 1 spiro atoms. The topological polar surface area (TPSA) is 108 Å². The molecule has 3 aliphatic heterocycles. The van der Waals surface area contributed by atoms with Gasteiger partial charge in [-0.3, -0.25) is 14.4 Å². The number of carbonyl (C=O) groups is 3. The van der Waals surface area contributed by atoms with Crippen molar-refractivity contribution >= 4 is 35.0 Å². The highest BCUT2D eigenvalue weighted by molar-refractivity contribution is 6.33. The number of aliphatic hydroxyl groups excluding tert-OH is 1. The van der Waals surface area contributed by atoms with E-state index in [9.17, 15) is 19.5 Å². The van der Waals surface area contributed by atoms with E-state index in [-0.39, 0.29) is 17.7 Å². The van der Waals surface area contributed by atoms with Crippen molar-refractivity contribution in [3.63, 3.8) is 0 Å². The molecule has 3 heterocycles. The largest absolute Gasteiger partial charge is 0.394 e. The minimum atomic E-state index is -1.23. The predicted octanol–water partition coefficient (Wildman–Crippen LogP) is 2.77. The Morgan fingerprint density at radius 3 is 2.47 bits per heavy atom. The third kappa shape index (κ3) is 3.38. The number of nitrogens with zero attached hydrogens (tertiary/aromatic N) is 1. The molecule has 8 nitrogen and oxygen atoms in total. The van der Waals surface area contributed by atoms with Gasteiger partial charge in [0, 0.05) is 7.05 Å². The molecule has 2 aromatic rings. The molecule has 0 aromatic heterocycles. The SMILES string of the molecule is CNC(=O)[C@H]1[C@H]2C(=O)N([C@H](CO)c3ccccc3)C(C(=O)Nc3ccccc3Cl)C23CC(C)[C@]1(C)O3. The molecule has 2 bridgehead atoms. The van der Waals surface area contributed by atoms with Crippen LogP contribution in [0.3, 0.4) is 0 Å². The summed E-state index contributed by atoms with van der Waals surface area (Å²) in [6.07, 6.45) is 0.428. The van der Waals surface area contributed by atoms with Gasteiger partial charge in [-0.25, -0.2) is 0 Å². The van der Waals surface area contributed by atoms with Crippen LogP contribution in [0.4, 0.5) is 5.69 Å². The lowest BCUT2D eigenvalue weighted by Gasteiger charge is -2.37. The summed E-state index contributed by atoms with van der Waals surface area (Å²) in [7, 11) is 1.54. The van der Waals surface area contributed by atoms with E-state index in [4.69, 9.17) is 16.3 Å². The number of para-hydroxylation sites is 1. The van der Waals surface area contributed by atoms with Gasteiger partial charge in [0.15, 0.2) is 0 Å². The number of rotatable bonds is 6. The Hall–Kier alpha value is -2.94. The standard InChI is InChI=1S/C27H30ClN3O5/c1-15-13-27-21(20(23(33)29-3)26(15,2)36-27)25(35)31(19(14-32)16-9-5-4-6-10-16)22(27)24(34)30-18-12-8-7-11-17(18)28/h4-12,15,19-22,32H,13-14H2,1-3H3,(H,29,33)(H,30,34)/t15?,19-,20-,21+,22?,26+,27?/m1/s1. The number of anilines is 1. The predicted molar refractivity (Wildman–Crippen MR) is 134 cm³/mol. The first-order chi connectivity index (χ1) is 17.2. The van der Waals surface area contributed by atoms with Gasteiger partial charge in [0.25, 0.3) is 0 Å². The summed E-state index contributed by atoms with van der Waals surface area (Å²) in [6.45, 7) is 3.44. The molecule has 190 valence electrons. The Bertz CT molecular complexity index is 1210. The number of hydrogen-bond acceptors (Lipinski definition) is 5. The molecule has 3 unspecified atom stereocenters. The third-order valence-electron chi connectivity index (χ3n) is 8.35. The second-order valence-electron chi connectivity index (χ2n) is 10.1. The fraction of sp³-hybridized carbons (Fsp3) is 0.444. The summed E-state index contributed by atoms with van der Waals surface area (Å²) >= 11 is 6.32. The van der Waals surface area contributed by atoms with Crippen molar-refractivity contribution in [1.82, 2.24) is 10.2 Å². The first-order valence-corrected chi connectivity index (χ1v) is 12.5. The highest BCUT2D eigenvalue weighted by atomic mass is 35.5. The zero-order valence-corrected chi connectivity index (χ0v) is 21.2.